The zero-order valence-corrected chi connectivity index (χ0v) is 7.58. The Kier molecular flexibility index (Phi) is 1.96. The number of methoxy groups -OCH3 is 1. The van der Waals surface area contributed by atoms with Gasteiger partial charge in [0.25, 0.3) is 0 Å². The Balaban J connectivity index is 2.06. The molecule has 0 spiro atoms. The van der Waals surface area contributed by atoms with Crippen LogP contribution in [0.3, 0.4) is 0 Å². The molecule has 0 N–H and O–H groups in total. The maximum absolute atomic E-state index is 11.2. The van der Waals surface area contributed by atoms with Gasteiger partial charge in [0.15, 0.2) is 0 Å². The molecule has 0 aromatic rings. The Hall–Kier alpha value is -0.710. The highest BCUT2D eigenvalue weighted by molar-refractivity contribution is 8.12. The minimum atomic E-state index is -0.111. The van der Waals surface area contributed by atoms with Crippen molar-refractivity contribution in [2.45, 2.75) is 11.8 Å². The summed E-state index contributed by atoms with van der Waals surface area (Å²) >= 11 is 1.60. The zero-order valence-electron chi connectivity index (χ0n) is 6.77. The van der Waals surface area contributed by atoms with E-state index < -0.39 is 0 Å². The van der Waals surface area contributed by atoms with Gasteiger partial charge in [-0.3, -0.25) is 9.80 Å². The zero-order chi connectivity index (χ0) is 8.55. The molecule has 0 bridgehead atoms. The minimum Gasteiger partial charge on any atom is -0.469 e. The van der Waals surface area contributed by atoms with Crippen molar-refractivity contribution in [1.29, 1.82) is 0 Å². The highest BCUT2D eigenvalue weighted by Gasteiger charge is 2.41. The van der Waals surface area contributed by atoms with E-state index in [1.807, 2.05) is 5.01 Å². The Labute approximate surface area is 74.9 Å². The van der Waals surface area contributed by atoms with Crippen LogP contribution < -0.4 is 0 Å². The van der Waals surface area contributed by atoms with E-state index in [4.69, 9.17) is 4.74 Å². The Morgan fingerprint density at radius 3 is 3.42 bits per heavy atom. The van der Waals surface area contributed by atoms with Crippen LogP contribution in [0.5, 0.6) is 0 Å². The van der Waals surface area contributed by atoms with Gasteiger partial charge < -0.3 is 4.74 Å². The SMILES string of the molecule is COC(=O)[C@H]1CCN2N=CS[C@@H]12. The molecule has 2 heterocycles. The van der Waals surface area contributed by atoms with E-state index in [1.54, 1.807) is 17.3 Å². The third kappa shape index (κ3) is 1.08. The van der Waals surface area contributed by atoms with Crippen molar-refractivity contribution in [3.8, 4) is 0 Å². The number of hydrogen-bond acceptors (Lipinski definition) is 5. The molecule has 1 saturated heterocycles. The van der Waals surface area contributed by atoms with Gasteiger partial charge >= 0.3 is 5.97 Å². The number of nitrogens with zero attached hydrogens (tertiary/aromatic N) is 2. The van der Waals surface area contributed by atoms with Gasteiger partial charge in [-0.15, -0.1) is 0 Å². The highest BCUT2D eigenvalue weighted by atomic mass is 32.2. The summed E-state index contributed by atoms with van der Waals surface area (Å²) in [5, 5.41) is 6.27. The quantitative estimate of drug-likeness (QED) is 0.559. The van der Waals surface area contributed by atoms with Gasteiger partial charge in [-0.2, -0.15) is 5.10 Å². The fourth-order valence-corrected chi connectivity index (χ4v) is 2.61. The predicted octanol–water partition coefficient (Wildman–Crippen LogP) is 0.497. The van der Waals surface area contributed by atoms with Crippen molar-refractivity contribution >= 4 is 23.3 Å². The summed E-state index contributed by atoms with van der Waals surface area (Å²) in [7, 11) is 1.44. The molecule has 2 atom stereocenters. The summed E-state index contributed by atoms with van der Waals surface area (Å²) in [6.45, 7) is 0.869. The average molecular weight is 186 g/mol. The number of rotatable bonds is 1. The average Bonchev–Trinajstić information content (AvgIpc) is 2.62. The number of hydrogen-bond donors (Lipinski definition) is 0. The van der Waals surface area contributed by atoms with E-state index in [-0.39, 0.29) is 17.3 Å². The lowest BCUT2D eigenvalue weighted by Gasteiger charge is -2.16. The summed E-state index contributed by atoms with van der Waals surface area (Å²) in [4.78, 5) is 11.2. The number of ether oxygens (including phenoxy) is 1. The van der Waals surface area contributed by atoms with Crippen molar-refractivity contribution in [2.24, 2.45) is 11.0 Å². The lowest BCUT2D eigenvalue weighted by atomic mass is 10.1. The fraction of sp³-hybridized carbons (Fsp3) is 0.714. The molecule has 0 aromatic carbocycles. The van der Waals surface area contributed by atoms with Gasteiger partial charge in [0.1, 0.15) is 5.37 Å². The number of carbonyl (C=O) groups is 1. The number of hydrazone groups is 1. The molecule has 0 amide bonds. The lowest BCUT2D eigenvalue weighted by Crippen LogP contribution is -2.27. The van der Waals surface area contributed by atoms with Crippen LogP contribution in [0, 0.1) is 5.92 Å². The second-order valence-electron chi connectivity index (χ2n) is 2.83. The summed E-state index contributed by atoms with van der Waals surface area (Å²) in [5.41, 5.74) is 1.79. The lowest BCUT2D eigenvalue weighted by molar-refractivity contribution is -0.145. The largest absolute Gasteiger partial charge is 0.469 e. The third-order valence-electron chi connectivity index (χ3n) is 2.21. The molecule has 66 valence electrons. The first kappa shape index (κ1) is 7.91. The monoisotopic (exact) mass is 186 g/mol. The second kappa shape index (κ2) is 2.97. The summed E-state index contributed by atoms with van der Waals surface area (Å²) in [6.07, 6.45) is 0.863. The van der Waals surface area contributed by atoms with E-state index in [9.17, 15) is 4.79 Å². The highest BCUT2D eigenvalue weighted by Crippen LogP contribution is 2.36. The number of fused-ring (bicyclic) bond motifs is 1. The van der Waals surface area contributed by atoms with E-state index in [0.717, 1.165) is 13.0 Å². The van der Waals surface area contributed by atoms with Crippen LogP contribution in [0.2, 0.25) is 0 Å². The molecular weight excluding hydrogens is 176 g/mol. The standard InChI is InChI=1S/C7H10N2O2S/c1-11-7(10)5-2-3-9-6(5)12-4-8-9/h4-6H,2-3H2,1H3/t5-,6-/m0/s1. The van der Waals surface area contributed by atoms with Crippen LogP contribution in [0.1, 0.15) is 6.42 Å². The van der Waals surface area contributed by atoms with Crippen molar-refractivity contribution in [1.82, 2.24) is 5.01 Å². The van der Waals surface area contributed by atoms with Crippen LogP contribution in [-0.2, 0) is 9.53 Å². The van der Waals surface area contributed by atoms with Crippen molar-refractivity contribution < 1.29 is 9.53 Å². The summed E-state index contributed by atoms with van der Waals surface area (Å²) in [6, 6.07) is 0. The van der Waals surface area contributed by atoms with Gasteiger partial charge in [-0.1, -0.05) is 11.8 Å². The van der Waals surface area contributed by atoms with E-state index in [2.05, 4.69) is 5.10 Å². The summed E-state index contributed by atoms with van der Waals surface area (Å²) < 4.78 is 4.71. The molecule has 0 unspecified atom stereocenters. The Bertz CT molecular complexity index is 231. The number of esters is 1. The predicted molar refractivity (Wildman–Crippen MR) is 46.7 cm³/mol. The van der Waals surface area contributed by atoms with Crippen LogP contribution in [0.4, 0.5) is 0 Å². The van der Waals surface area contributed by atoms with Crippen molar-refractivity contribution in [3.63, 3.8) is 0 Å². The van der Waals surface area contributed by atoms with Crippen molar-refractivity contribution in [3.05, 3.63) is 0 Å². The Morgan fingerprint density at radius 1 is 1.83 bits per heavy atom. The molecule has 0 radical (unpaired) electrons. The number of thioether (sulfide) groups is 1. The maximum atomic E-state index is 11.2. The van der Waals surface area contributed by atoms with Crippen LogP contribution in [-0.4, -0.2) is 35.6 Å². The first-order chi connectivity index (χ1) is 5.83. The van der Waals surface area contributed by atoms with Gasteiger partial charge in [-0.25, -0.2) is 0 Å². The topological polar surface area (TPSA) is 41.9 Å². The van der Waals surface area contributed by atoms with Gasteiger partial charge in [0, 0.05) is 6.54 Å². The van der Waals surface area contributed by atoms with E-state index in [1.165, 1.54) is 7.11 Å². The molecule has 2 rings (SSSR count). The van der Waals surface area contributed by atoms with Crippen LogP contribution in [0.25, 0.3) is 0 Å². The molecule has 0 aromatic heterocycles. The molecule has 5 heteroatoms. The molecule has 0 aliphatic carbocycles. The third-order valence-corrected chi connectivity index (χ3v) is 3.27. The summed E-state index contributed by atoms with van der Waals surface area (Å²) in [5.74, 6) is -0.108. The van der Waals surface area contributed by atoms with Gasteiger partial charge in [-0.05, 0) is 6.42 Å². The first-order valence-corrected chi connectivity index (χ1v) is 4.79. The van der Waals surface area contributed by atoms with Crippen LogP contribution in [0.15, 0.2) is 5.10 Å². The Morgan fingerprint density at radius 2 is 2.67 bits per heavy atom. The minimum absolute atomic E-state index is 0.00231. The van der Waals surface area contributed by atoms with E-state index in [0.29, 0.717) is 0 Å². The van der Waals surface area contributed by atoms with Crippen LogP contribution >= 0.6 is 11.8 Å². The first-order valence-electron chi connectivity index (χ1n) is 3.85. The van der Waals surface area contributed by atoms with Crippen molar-refractivity contribution in [2.75, 3.05) is 13.7 Å². The van der Waals surface area contributed by atoms with Gasteiger partial charge in [0.05, 0.1) is 18.6 Å². The molecular formula is C7H10N2O2S. The molecule has 2 aliphatic heterocycles. The normalized spacial score (nSPS) is 32.2. The smallest absolute Gasteiger partial charge is 0.311 e. The molecule has 2 aliphatic rings. The molecule has 0 saturated carbocycles. The number of carbonyl (C=O) groups excluding carboxylic acids is 1. The van der Waals surface area contributed by atoms with Gasteiger partial charge in [0.2, 0.25) is 0 Å². The molecule has 4 nitrogen and oxygen atoms in total. The van der Waals surface area contributed by atoms with E-state index >= 15 is 0 Å². The fourth-order valence-electron chi connectivity index (χ4n) is 1.57. The molecule has 12 heavy (non-hydrogen) atoms. The second-order valence-corrected chi connectivity index (χ2v) is 3.79. The maximum Gasteiger partial charge on any atom is 0.311 e. The molecule has 1 fully saturated rings.